The predicted octanol–water partition coefficient (Wildman–Crippen LogP) is 3.39. The number of hydrogen-bond donors (Lipinski definition) is 0. The summed E-state index contributed by atoms with van der Waals surface area (Å²) in [5, 5.41) is 12.2. The average Bonchev–Trinajstić information content (AvgIpc) is 3.06. The highest BCUT2D eigenvalue weighted by atomic mass is 35.5. The van der Waals surface area contributed by atoms with E-state index in [1.807, 2.05) is 36.4 Å². The number of halogens is 1. The van der Waals surface area contributed by atoms with Gasteiger partial charge in [0.25, 0.3) is 0 Å². The first-order valence-corrected chi connectivity index (χ1v) is 7.04. The summed E-state index contributed by atoms with van der Waals surface area (Å²) in [6.45, 7) is 0.482. The summed E-state index contributed by atoms with van der Waals surface area (Å²) in [6, 6.07) is 15.4. The maximum absolute atomic E-state index is 6.05. The molecule has 3 aromatic rings. The van der Waals surface area contributed by atoms with E-state index in [1.54, 1.807) is 18.3 Å². The third kappa shape index (κ3) is 3.71. The highest BCUT2D eigenvalue weighted by molar-refractivity contribution is 6.30. The molecule has 0 aliphatic heterocycles. The zero-order valence-electron chi connectivity index (χ0n) is 11.6. The number of aromatic nitrogens is 3. The zero-order valence-corrected chi connectivity index (χ0v) is 12.4. The Kier molecular flexibility index (Phi) is 4.46. The van der Waals surface area contributed by atoms with Gasteiger partial charge in [-0.1, -0.05) is 41.9 Å². The lowest BCUT2D eigenvalue weighted by Gasteiger charge is -2.09. The zero-order chi connectivity index (χ0) is 15.2. The fourth-order valence-electron chi connectivity index (χ4n) is 1.87. The van der Waals surface area contributed by atoms with Gasteiger partial charge >= 0.3 is 0 Å². The van der Waals surface area contributed by atoms with E-state index in [-0.39, 0.29) is 0 Å². The fraction of sp³-hybridized carbons (Fsp3) is 0.0625. The van der Waals surface area contributed by atoms with Gasteiger partial charge in [0.2, 0.25) is 0 Å². The van der Waals surface area contributed by atoms with Gasteiger partial charge in [-0.3, -0.25) is 0 Å². The van der Waals surface area contributed by atoms with E-state index in [1.165, 1.54) is 17.3 Å². The summed E-state index contributed by atoms with van der Waals surface area (Å²) in [5.74, 6) is 0.713. The van der Waals surface area contributed by atoms with Gasteiger partial charge in [-0.05, 0) is 23.8 Å². The minimum Gasteiger partial charge on any atom is -0.488 e. The topological polar surface area (TPSA) is 52.3 Å². The van der Waals surface area contributed by atoms with Gasteiger partial charge < -0.3 is 4.74 Å². The van der Waals surface area contributed by atoms with Gasteiger partial charge in [0.05, 0.1) is 6.21 Å². The van der Waals surface area contributed by atoms with Crippen LogP contribution in [0.25, 0.3) is 0 Å². The molecular weight excluding hydrogens is 300 g/mol. The van der Waals surface area contributed by atoms with Crippen LogP contribution in [-0.2, 0) is 6.61 Å². The summed E-state index contributed by atoms with van der Waals surface area (Å²) >= 11 is 6.05. The monoisotopic (exact) mass is 312 g/mol. The van der Waals surface area contributed by atoms with Crippen LogP contribution >= 0.6 is 11.6 Å². The molecule has 6 heteroatoms. The number of rotatable bonds is 5. The van der Waals surface area contributed by atoms with Crippen LogP contribution < -0.4 is 4.74 Å². The molecule has 3 rings (SSSR count). The first-order valence-electron chi connectivity index (χ1n) is 6.66. The molecule has 1 aromatic heterocycles. The molecule has 0 aliphatic carbocycles. The van der Waals surface area contributed by atoms with Crippen LogP contribution in [0, 0.1) is 0 Å². The molecular formula is C16H13ClN4O. The van der Waals surface area contributed by atoms with Crippen molar-refractivity contribution >= 4 is 17.8 Å². The molecule has 0 aliphatic rings. The van der Waals surface area contributed by atoms with E-state index in [4.69, 9.17) is 16.3 Å². The fourth-order valence-corrected chi connectivity index (χ4v) is 2.05. The molecule has 0 spiro atoms. The quantitative estimate of drug-likeness (QED) is 0.679. The molecule has 22 heavy (non-hydrogen) atoms. The molecule has 0 saturated carbocycles. The molecule has 0 amide bonds. The minimum absolute atomic E-state index is 0.482. The largest absolute Gasteiger partial charge is 0.488 e. The Morgan fingerprint density at radius 3 is 2.64 bits per heavy atom. The second-order valence-corrected chi connectivity index (χ2v) is 4.98. The van der Waals surface area contributed by atoms with Crippen molar-refractivity contribution < 1.29 is 4.74 Å². The molecule has 1 heterocycles. The molecule has 2 aromatic carbocycles. The maximum Gasteiger partial charge on any atom is 0.141 e. The normalized spacial score (nSPS) is 11.0. The third-order valence-corrected chi connectivity index (χ3v) is 3.18. The molecule has 110 valence electrons. The van der Waals surface area contributed by atoms with Crippen molar-refractivity contribution in [2.75, 3.05) is 0 Å². The maximum atomic E-state index is 6.05. The van der Waals surface area contributed by atoms with Crippen LogP contribution in [0.4, 0.5) is 0 Å². The highest BCUT2D eigenvalue weighted by Crippen LogP contribution is 2.22. The van der Waals surface area contributed by atoms with Gasteiger partial charge in [0.1, 0.15) is 25.0 Å². The number of benzene rings is 2. The summed E-state index contributed by atoms with van der Waals surface area (Å²) in [4.78, 5) is 0. The Morgan fingerprint density at radius 2 is 1.86 bits per heavy atom. The highest BCUT2D eigenvalue weighted by Gasteiger charge is 2.04. The minimum atomic E-state index is 0.482. The molecule has 0 radical (unpaired) electrons. The first-order chi connectivity index (χ1) is 10.8. The van der Waals surface area contributed by atoms with Gasteiger partial charge in [-0.15, -0.1) is 10.2 Å². The predicted molar refractivity (Wildman–Crippen MR) is 85.2 cm³/mol. The van der Waals surface area contributed by atoms with Crippen LogP contribution in [0.5, 0.6) is 5.75 Å². The lowest BCUT2D eigenvalue weighted by Crippen LogP contribution is -1.99. The second-order valence-electron chi connectivity index (χ2n) is 4.54. The van der Waals surface area contributed by atoms with E-state index in [2.05, 4.69) is 15.3 Å². The molecule has 0 atom stereocenters. The molecule has 0 fully saturated rings. The van der Waals surface area contributed by atoms with Crippen molar-refractivity contribution in [1.29, 1.82) is 0 Å². The second kappa shape index (κ2) is 6.87. The van der Waals surface area contributed by atoms with Crippen LogP contribution in [0.1, 0.15) is 11.1 Å². The summed E-state index contributed by atoms with van der Waals surface area (Å²) in [6.07, 6.45) is 4.67. The Labute approximate surface area is 132 Å². The first kappa shape index (κ1) is 14.3. The Bertz CT molecular complexity index is 757. The van der Waals surface area contributed by atoms with Gasteiger partial charge in [-0.2, -0.15) is 5.10 Å². The van der Waals surface area contributed by atoms with E-state index >= 15 is 0 Å². The number of hydrogen-bond acceptors (Lipinski definition) is 4. The molecule has 5 nitrogen and oxygen atoms in total. The van der Waals surface area contributed by atoms with Crippen molar-refractivity contribution in [3.05, 3.63) is 77.3 Å². The summed E-state index contributed by atoms with van der Waals surface area (Å²) < 4.78 is 7.36. The Hall–Kier alpha value is -2.66. The van der Waals surface area contributed by atoms with Crippen molar-refractivity contribution in [3.8, 4) is 5.75 Å². The smallest absolute Gasteiger partial charge is 0.141 e. The summed E-state index contributed by atoms with van der Waals surface area (Å²) in [5.41, 5.74) is 1.89. The van der Waals surface area contributed by atoms with Gasteiger partial charge in [-0.25, -0.2) is 4.68 Å². The van der Waals surface area contributed by atoms with Crippen molar-refractivity contribution in [2.45, 2.75) is 6.61 Å². The Balaban J connectivity index is 1.78. The SMILES string of the molecule is Clc1ccc(OCc2ccccc2)c(/C=N\n2cnnc2)c1. The van der Waals surface area contributed by atoms with Crippen molar-refractivity contribution in [2.24, 2.45) is 5.10 Å². The lowest BCUT2D eigenvalue weighted by atomic mass is 10.2. The third-order valence-electron chi connectivity index (χ3n) is 2.95. The van der Waals surface area contributed by atoms with E-state index in [9.17, 15) is 0 Å². The van der Waals surface area contributed by atoms with E-state index in [0.717, 1.165) is 11.1 Å². The number of nitrogens with zero attached hydrogens (tertiary/aromatic N) is 4. The van der Waals surface area contributed by atoms with Crippen LogP contribution in [0.2, 0.25) is 5.02 Å². The molecule has 0 unspecified atom stereocenters. The van der Waals surface area contributed by atoms with Crippen LogP contribution in [0.15, 0.2) is 66.3 Å². The van der Waals surface area contributed by atoms with Crippen molar-refractivity contribution in [1.82, 2.24) is 14.9 Å². The molecule has 0 saturated heterocycles. The van der Waals surface area contributed by atoms with Crippen LogP contribution in [-0.4, -0.2) is 21.1 Å². The standard InChI is InChI=1S/C16H13ClN4O/c17-15-6-7-16(22-10-13-4-2-1-3-5-13)14(8-15)9-20-21-11-18-19-12-21/h1-9,11-12H,10H2/b20-9-. The van der Waals surface area contributed by atoms with E-state index < -0.39 is 0 Å². The van der Waals surface area contributed by atoms with Gasteiger partial charge in [0, 0.05) is 10.6 Å². The molecule has 0 N–H and O–H groups in total. The average molecular weight is 313 g/mol. The van der Waals surface area contributed by atoms with Crippen LogP contribution in [0.3, 0.4) is 0 Å². The van der Waals surface area contributed by atoms with Gasteiger partial charge in [0.15, 0.2) is 0 Å². The summed E-state index contributed by atoms with van der Waals surface area (Å²) in [7, 11) is 0. The Morgan fingerprint density at radius 1 is 1.09 bits per heavy atom. The number of ether oxygens (including phenoxy) is 1. The van der Waals surface area contributed by atoms with E-state index in [0.29, 0.717) is 17.4 Å². The van der Waals surface area contributed by atoms with Crippen molar-refractivity contribution in [3.63, 3.8) is 0 Å². The molecule has 0 bridgehead atoms. The lowest BCUT2D eigenvalue weighted by molar-refractivity contribution is 0.306.